The molecule has 0 aliphatic heterocycles. The maximum Gasteiger partial charge on any atom is 0.322 e. The van der Waals surface area contributed by atoms with Gasteiger partial charge in [-0.3, -0.25) is 10.1 Å². The zero-order chi connectivity index (χ0) is 19.4. The molecule has 2 aromatic carbocycles. The number of carbonyl (C=O) groups excluding carboxylic acids is 1. The molecule has 0 aliphatic carbocycles. The average molecular weight is 424 g/mol. The molecular formula is C17H14ClN3O4S2. The molecule has 0 radical (unpaired) electrons. The van der Waals surface area contributed by atoms with E-state index in [0.29, 0.717) is 10.6 Å². The SMILES string of the molecule is CSc1ccc(-c2nnc(NC(=O)CS(=O)(=O)c3ccc(Cl)cc3)o2)cc1. The summed E-state index contributed by atoms with van der Waals surface area (Å²) in [6, 6.07) is 12.8. The van der Waals surface area contributed by atoms with Crippen molar-refractivity contribution in [1.82, 2.24) is 10.2 Å². The summed E-state index contributed by atoms with van der Waals surface area (Å²) >= 11 is 7.34. The van der Waals surface area contributed by atoms with Crippen molar-refractivity contribution in [2.24, 2.45) is 0 Å². The van der Waals surface area contributed by atoms with Crippen LogP contribution >= 0.6 is 23.4 Å². The first-order valence-electron chi connectivity index (χ1n) is 7.63. The molecule has 0 spiro atoms. The smallest absolute Gasteiger partial charge is 0.322 e. The minimum atomic E-state index is -3.81. The van der Waals surface area contributed by atoms with Gasteiger partial charge in [0.15, 0.2) is 9.84 Å². The maximum atomic E-state index is 12.3. The lowest BCUT2D eigenvalue weighted by atomic mass is 10.2. The third kappa shape index (κ3) is 4.88. The van der Waals surface area contributed by atoms with Crippen molar-refractivity contribution >= 4 is 45.1 Å². The van der Waals surface area contributed by atoms with Gasteiger partial charge in [0.05, 0.1) is 4.90 Å². The molecule has 27 heavy (non-hydrogen) atoms. The van der Waals surface area contributed by atoms with Crippen LogP contribution in [0.1, 0.15) is 0 Å². The third-order valence-corrected chi connectivity index (χ3v) is 6.13. The van der Waals surface area contributed by atoms with E-state index in [1.54, 1.807) is 11.8 Å². The Morgan fingerprint density at radius 1 is 1.11 bits per heavy atom. The average Bonchev–Trinajstić information content (AvgIpc) is 3.10. The van der Waals surface area contributed by atoms with Gasteiger partial charge in [-0.05, 0) is 54.8 Å². The van der Waals surface area contributed by atoms with Gasteiger partial charge >= 0.3 is 6.01 Å². The Bertz CT molecular complexity index is 1050. The summed E-state index contributed by atoms with van der Waals surface area (Å²) in [5.74, 6) is -1.31. The fraction of sp³-hybridized carbons (Fsp3) is 0.118. The predicted octanol–water partition coefficient (Wildman–Crippen LogP) is 3.52. The molecule has 0 atom stereocenters. The van der Waals surface area contributed by atoms with E-state index in [2.05, 4.69) is 15.5 Å². The zero-order valence-electron chi connectivity index (χ0n) is 14.0. The molecule has 0 saturated carbocycles. The van der Waals surface area contributed by atoms with Crippen molar-refractivity contribution in [2.75, 3.05) is 17.3 Å². The van der Waals surface area contributed by atoms with Crippen LogP contribution in [0.25, 0.3) is 11.5 Å². The predicted molar refractivity (Wildman–Crippen MR) is 104 cm³/mol. The van der Waals surface area contributed by atoms with Crippen LogP contribution in [0.4, 0.5) is 6.01 Å². The Hall–Kier alpha value is -2.36. The summed E-state index contributed by atoms with van der Waals surface area (Å²) in [6.45, 7) is 0. The summed E-state index contributed by atoms with van der Waals surface area (Å²) in [5.41, 5.74) is 0.689. The van der Waals surface area contributed by atoms with Gasteiger partial charge in [0, 0.05) is 15.5 Å². The van der Waals surface area contributed by atoms with E-state index in [-0.39, 0.29) is 16.8 Å². The Balaban J connectivity index is 1.67. The van der Waals surface area contributed by atoms with Gasteiger partial charge in [0.25, 0.3) is 0 Å². The fourth-order valence-corrected chi connectivity index (χ4v) is 3.85. The quantitative estimate of drug-likeness (QED) is 0.605. The molecule has 0 bridgehead atoms. The Kier molecular flexibility index (Phi) is 5.83. The zero-order valence-corrected chi connectivity index (χ0v) is 16.4. The molecule has 0 saturated heterocycles. The van der Waals surface area contributed by atoms with Gasteiger partial charge in [0.2, 0.25) is 11.8 Å². The molecule has 0 fully saturated rings. The summed E-state index contributed by atoms with van der Waals surface area (Å²) in [4.78, 5) is 13.1. The van der Waals surface area contributed by atoms with Crippen molar-refractivity contribution in [3.8, 4) is 11.5 Å². The monoisotopic (exact) mass is 423 g/mol. The molecule has 3 rings (SSSR count). The first kappa shape index (κ1) is 19.4. The van der Waals surface area contributed by atoms with Crippen molar-refractivity contribution in [2.45, 2.75) is 9.79 Å². The van der Waals surface area contributed by atoms with Crippen molar-refractivity contribution < 1.29 is 17.6 Å². The van der Waals surface area contributed by atoms with E-state index < -0.39 is 21.5 Å². The second-order valence-electron chi connectivity index (χ2n) is 5.40. The van der Waals surface area contributed by atoms with Gasteiger partial charge in [-0.2, -0.15) is 0 Å². The molecule has 1 aromatic heterocycles. The van der Waals surface area contributed by atoms with Crippen LogP contribution < -0.4 is 5.32 Å². The van der Waals surface area contributed by atoms with Crippen LogP contribution in [0.3, 0.4) is 0 Å². The number of benzene rings is 2. The number of anilines is 1. The van der Waals surface area contributed by atoms with E-state index >= 15 is 0 Å². The first-order valence-corrected chi connectivity index (χ1v) is 10.9. The lowest BCUT2D eigenvalue weighted by Crippen LogP contribution is -2.23. The summed E-state index contributed by atoms with van der Waals surface area (Å²) in [6.07, 6.45) is 1.97. The molecule has 1 N–H and O–H groups in total. The van der Waals surface area contributed by atoms with E-state index in [0.717, 1.165) is 4.90 Å². The highest BCUT2D eigenvalue weighted by atomic mass is 35.5. The van der Waals surface area contributed by atoms with Gasteiger partial charge in [-0.25, -0.2) is 8.42 Å². The number of rotatable bonds is 6. The number of hydrogen-bond acceptors (Lipinski definition) is 7. The molecular weight excluding hydrogens is 410 g/mol. The number of amides is 1. The van der Waals surface area contributed by atoms with Crippen LogP contribution in [0.2, 0.25) is 5.02 Å². The Morgan fingerprint density at radius 3 is 2.41 bits per heavy atom. The number of nitrogens with zero attached hydrogens (tertiary/aromatic N) is 2. The third-order valence-electron chi connectivity index (χ3n) is 3.50. The van der Waals surface area contributed by atoms with Crippen LogP contribution in [0.15, 0.2) is 62.7 Å². The molecule has 7 nitrogen and oxygen atoms in total. The topological polar surface area (TPSA) is 102 Å². The van der Waals surface area contributed by atoms with Gasteiger partial charge in [0.1, 0.15) is 5.75 Å². The van der Waals surface area contributed by atoms with Gasteiger partial charge < -0.3 is 4.42 Å². The van der Waals surface area contributed by atoms with E-state index in [4.69, 9.17) is 16.0 Å². The summed E-state index contributed by atoms with van der Waals surface area (Å²) < 4.78 is 29.9. The fourth-order valence-electron chi connectivity index (χ4n) is 2.18. The van der Waals surface area contributed by atoms with Crippen LogP contribution in [-0.4, -0.2) is 36.5 Å². The number of hydrogen-bond donors (Lipinski definition) is 1. The van der Waals surface area contributed by atoms with Crippen LogP contribution in [0, 0.1) is 0 Å². The molecule has 1 heterocycles. The van der Waals surface area contributed by atoms with E-state index in [1.165, 1.54) is 24.3 Å². The molecule has 10 heteroatoms. The van der Waals surface area contributed by atoms with Crippen LogP contribution in [-0.2, 0) is 14.6 Å². The van der Waals surface area contributed by atoms with E-state index in [1.807, 2.05) is 30.5 Å². The lowest BCUT2D eigenvalue weighted by Gasteiger charge is -2.04. The van der Waals surface area contributed by atoms with E-state index in [9.17, 15) is 13.2 Å². The number of aromatic nitrogens is 2. The summed E-state index contributed by atoms with van der Waals surface area (Å²) in [5, 5.41) is 10.3. The van der Waals surface area contributed by atoms with Crippen molar-refractivity contribution in [3.05, 3.63) is 53.6 Å². The minimum Gasteiger partial charge on any atom is -0.403 e. The second-order valence-corrected chi connectivity index (χ2v) is 8.71. The molecule has 0 aliphatic rings. The highest BCUT2D eigenvalue weighted by Gasteiger charge is 2.21. The summed E-state index contributed by atoms with van der Waals surface area (Å²) in [7, 11) is -3.81. The Labute approximate surface area is 165 Å². The number of halogens is 1. The van der Waals surface area contributed by atoms with Crippen molar-refractivity contribution in [1.29, 1.82) is 0 Å². The standard InChI is InChI=1S/C17H14ClN3O4S2/c1-26-13-6-2-11(3-7-13)16-20-21-17(25-16)19-15(22)10-27(23,24)14-8-4-12(18)5-9-14/h2-9H,10H2,1H3,(H,19,21,22). The number of sulfone groups is 1. The minimum absolute atomic E-state index is 0.00199. The molecule has 3 aromatic rings. The van der Waals surface area contributed by atoms with Gasteiger partial charge in [-0.15, -0.1) is 16.9 Å². The Morgan fingerprint density at radius 2 is 1.78 bits per heavy atom. The highest BCUT2D eigenvalue weighted by Crippen LogP contribution is 2.23. The van der Waals surface area contributed by atoms with Gasteiger partial charge in [-0.1, -0.05) is 16.7 Å². The highest BCUT2D eigenvalue weighted by molar-refractivity contribution is 7.98. The first-order chi connectivity index (χ1) is 12.9. The van der Waals surface area contributed by atoms with Crippen LogP contribution in [0.5, 0.6) is 0 Å². The molecule has 0 unspecified atom stereocenters. The number of carbonyl (C=O) groups is 1. The van der Waals surface area contributed by atoms with Crippen molar-refractivity contribution in [3.63, 3.8) is 0 Å². The normalized spacial score (nSPS) is 11.3. The second kappa shape index (κ2) is 8.12. The molecule has 1 amide bonds. The largest absolute Gasteiger partial charge is 0.403 e. The number of nitrogens with one attached hydrogen (secondary N) is 1. The lowest BCUT2D eigenvalue weighted by molar-refractivity contribution is -0.114. The molecule has 140 valence electrons. The number of thioether (sulfide) groups is 1. The maximum absolute atomic E-state index is 12.3.